The summed E-state index contributed by atoms with van der Waals surface area (Å²) in [6, 6.07) is 2.12. The second-order valence-electron chi connectivity index (χ2n) is 6.97. The summed E-state index contributed by atoms with van der Waals surface area (Å²) in [7, 11) is 0. The number of aliphatic carboxylic acids is 1. The molecule has 1 amide bonds. The van der Waals surface area contributed by atoms with Crippen molar-refractivity contribution in [2.75, 3.05) is 13.1 Å². The van der Waals surface area contributed by atoms with E-state index in [1.165, 1.54) is 17.7 Å². The molecule has 11 heteroatoms. The number of nitrogens with zero attached hydrogens (tertiary/aromatic N) is 1. The molecule has 1 saturated heterocycles. The lowest BCUT2D eigenvalue weighted by Gasteiger charge is -2.21. The zero-order chi connectivity index (χ0) is 22.3. The van der Waals surface area contributed by atoms with Gasteiger partial charge < -0.3 is 15.7 Å². The van der Waals surface area contributed by atoms with Crippen LogP contribution in [0.5, 0.6) is 0 Å². The Bertz CT molecular complexity index is 859. The van der Waals surface area contributed by atoms with Crippen LogP contribution in [-0.2, 0) is 17.8 Å². The number of carboxylic acids is 1. The SMILES string of the molecule is Cc1cc(CNC(=O)c2sc(CC3CCNCC3)nc2C)cs1.O=C(O)C(F)(F)F. The first-order chi connectivity index (χ1) is 14.1. The van der Waals surface area contributed by atoms with E-state index in [9.17, 15) is 18.0 Å². The van der Waals surface area contributed by atoms with E-state index < -0.39 is 12.1 Å². The lowest BCUT2D eigenvalue weighted by molar-refractivity contribution is -0.192. The maximum Gasteiger partial charge on any atom is 0.490 e. The van der Waals surface area contributed by atoms with E-state index >= 15 is 0 Å². The Kier molecular flexibility index (Phi) is 8.80. The Hall–Kier alpha value is -1.98. The summed E-state index contributed by atoms with van der Waals surface area (Å²) in [5, 5.41) is 16.7. The van der Waals surface area contributed by atoms with E-state index in [1.54, 1.807) is 22.7 Å². The van der Waals surface area contributed by atoms with Crippen LogP contribution < -0.4 is 10.6 Å². The monoisotopic (exact) mass is 463 g/mol. The molecule has 0 atom stereocenters. The number of halogens is 3. The van der Waals surface area contributed by atoms with Crippen LogP contribution in [0.1, 0.15) is 43.7 Å². The van der Waals surface area contributed by atoms with Gasteiger partial charge in [-0.3, -0.25) is 4.79 Å². The number of carbonyl (C=O) groups excluding carboxylic acids is 1. The number of carbonyl (C=O) groups is 2. The Balaban J connectivity index is 0.000000396. The minimum absolute atomic E-state index is 0.000383. The van der Waals surface area contributed by atoms with Gasteiger partial charge in [-0.2, -0.15) is 13.2 Å². The van der Waals surface area contributed by atoms with Crippen LogP contribution in [-0.4, -0.2) is 41.2 Å². The smallest absolute Gasteiger partial charge is 0.475 e. The average Bonchev–Trinajstić information content (AvgIpc) is 3.25. The highest BCUT2D eigenvalue weighted by Crippen LogP contribution is 2.24. The highest BCUT2D eigenvalue weighted by atomic mass is 32.1. The number of amides is 1. The van der Waals surface area contributed by atoms with Crippen LogP contribution in [0.25, 0.3) is 0 Å². The number of aryl methyl sites for hydroxylation is 2. The summed E-state index contributed by atoms with van der Waals surface area (Å²) < 4.78 is 31.7. The van der Waals surface area contributed by atoms with Gasteiger partial charge in [-0.25, -0.2) is 9.78 Å². The van der Waals surface area contributed by atoms with Crippen LogP contribution in [0.2, 0.25) is 0 Å². The molecule has 2 aromatic rings. The fourth-order valence-corrected chi connectivity index (χ4v) is 4.74. The molecule has 1 aliphatic rings. The molecule has 2 aromatic heterocycles. The Morgan fingerprint density at radius 2 is 1.93 bits per heavy atom. The van der Waals surface area contributed by atoms with Crippen molar-refractivity contribution in [2.24, 2.45) is 5.92 Å². The van der Waals surface area contributed by atoms with E-state index in [2.05, 4.69) is 34.0 Å². The molecule has 3 N–H and O–H groups in total. The van der Waals surface area contributed by atoms with E-state index in [0.717, 1.165) is 40.7 Å². The summed E-state index contributed by atoms with van der Waals surface area (Å²) in [4.78, 5) is 28.0. The maximum absolute atomic E-state index is 12.4. The zero-order valence-electron chi connectivity index (χ0n) is 16.6. The van der Waals surface area contributed by atoms with Crippen molar-refractivity contribution in [1.29, 1.82) is 0 Å². The molecule has 166 valence electrons. The average molecular weight is 464 g/mol. The summed E-state index contributed by atoms with van der Waals surface area (Å²) in [5.41, 5.74) is 2.02. The lowest BCUT2D eigenvalue weighted by Crippen LogP contribution is -2.28. The first-order valence-electron chi connectivity index (χ1n) is 9.35. The van der Waals surface area contributed by atoms with Crippen molar-refractivity contribution in [3.8, 4) is 0 Å². The van der Waals surface area contributed by atoms with Gasteiger partial charge in [-0.1, -0.05) is 0 Å². The third-order valence-corrected chi connectivity index (χ3v) is 6.54. The minimum Gasteiger partial charge on any atom is -0.475 e. The third kappa shape index (κ3) is 7.69. The van der Waals surface area contributed by atoms with Gasteiger partial charge in [0.15, 0.2) is 0 Å². The molecule has 3 heterocycles. The molecular formula is C19H24F3N3O3S2. The van der Waals surface area contributed by atoms with Crippen molar-refractivity contribution in [3.63, 3.8) is 0 Å². The van der Waals surface area contributed by atoms with E-state index in [0.29, 0.717) is 12.5 Å². The van der Waals surface area contributed by atoms with Gasteiger partial charge in [-0.15, -0.1) is 22.7 Å². The third-order valence-electron chi connectivity index (χ3n) is 4.45. The molecule has 0 radical (unpaired) electrons. The normalized spacial score (nSPS) is 14.7. The predicted octanol–water partition coefficient (Wildman–Crippen LogP) is 3.93. The summed E-state index contributed by atoms with van der Waals surface area (Å²) in [6.07, 6.45) is -1.67. The van der Waals surface area contributed by atoms with Gasteiger partial charge >= 0.3 is 12.1 Å². The topological polar surface area (TPSA) is 91.3 Å². The van der Waals surface area contributed by atoms with Crippen molar-refractivity contribution < 1.29 is 27.9 Å². The summed E-state index contributed by atoms with van der Waals surface area (Å²) in [5.74, 6) is -2.06. The highest BCUT2D eigenvalue weighted by Gasteiger charge is 2.38. The number of thiophene rings is 1. The predicted molar refractivity (Wildman–Crippen MR) is 110 cm³/mol. The van der Waals surface area contributed by atoms with Crippen molar-refractivity contribution >= 4 is 34.6 Å². The van der Waals surface area contributed by atoms with Crippen molar-refractivity contribution in [3.05, 3.63) is 37.5 Å². The van der Waals surface area contributed by atoms with Crippen LogP contribution >= 0.6 is 22.7 Å². The number of thiazole rings is 1. The molecule has 1 aliphatic heterocycles. The number of nitrogens with one attached hydrogen (secondary N) is 2. The molecule has 0 saturated carbocycles. The second-order valence-corrected chi connectivity index (χ2v) is 9.17. The summed E-state index contributed by atoms with van der Waals surface area (Å²) in [6.45, 7) is 6.80. The van der Waals surface area contributed by atoms with Crippen LogP contribution in [0.15, 0.2) is 11.4 Å². The van der Waals surface area contributed by atoms with Crippen molar-refractivity contribution in [2.45, 2.75) is 45.8 Å². The minimum atomic E-state index is -5.08. The van der Waals surface area contributed by atoms with Gasteiger partial charge in [0.25, 0.3) is 5.91 Å². The molecule has 0 bridgehead atoms. The summed E-state index contributed by atoms with van der Waals surface area (Å²) >= 11 is 3.27. The van der Waals surface area contributed by atoms with Crippen molar-refractivity contribution in [1.82, 2.24) is 15.6 Å². The van der Waals surface area contributed by atoms with Crippen LogP contribution in [0.3, 0.4) is 0 Å². The second kappa shape index (κ2) is 10.9. The largest absolute Gasteiger partial charge is 0.490 e. The molecule has 1 fully saturated rings. The molecule has 0 spiro atoms. The molecular weight excluding hydrogens is 439 g/mol. The number of carboxylic acid groups (broad SMARTS) is 1. The van der Waals surface area contributed by atoms with E-state index in [1.807, 2.05) is 6.92 Å². The first-order valence-corrected chi connectivity index (χ1v) is 11.0. The number of alkyl halides is 3. The molecule has 3 rings (SSSR count). The van der Waals surface area contributed by atoms with E-state index in [-0.39, 0.29) is 5.91 Å². The Labute approximate surface area is 180 Å². The quantitative estimate of drug-likeness (QED) is 0.625. The Morgan fingerprint density at radius 1 is 1.30 bits per heavy atom. The maximum atomic E-state index is 12.4. The van der Waals surface area contributed by atoms with Gasteiger partial charge in [0.1, 0.15) is 4.88 Å². The first kappa shape index (κ1) is 24.3. The van der Waals surface area contributed by atoms with E-state index in [4.69, 9.17) is 9.90 Å². The molecule has 6 nitrogen and oxygen atoms in total. The van der Waals surface area contributed by atoms with Crippen LogP contribution in [0, 0.1) is 19.8 Å². The van der Waals surface area contributed by atoms with Crippen LogP contribution in [0.4, 0.5) is 13.2 Å². The van der Waals surface area contributed by atoms with Gasteiger partial charge in [0.05, 0.1) is 10.7 Å². The number of hydrogen-bond acceptors (Lipinski definition) is 6. The molecule has 0 aromatic carbocycles. The standard InChI is InChI=1S/C17H23N3OS2.C2HF3O2/c1-11-7-14(10-22-11)9-19-17(21)16-12(2)20-15(23-16)8-13-3-5-18-6-4-13;3-2(4,5)1(6)7/h7,10,13,18H,3-6,8-9H2,1-2H3,(H,19,21);(H,6,7). The molecule has 0 unspecified atom stereocenters. The molecule has 30 heavy (non-hydrogen) atoms. The van der Waals surface area contributed by atoms with Gasteiger partial charge in [0, 0.05) is 17.8 Å². The number of hydrogen-bond donors (Lipinski definition) is 3. The van der Waals surface area contributed by atoms with Gasteiger partial charge in [-0.05, 0) is 62.7 Å². The Morgan fingerprint density at radius 3 is 2.47 bits per heavy atom. The number of rotatable bonds is 5. The fraction of sp³-hybridized carbons (Fsp3) is 0.526. The molecule has 0 aliphatic carbocycles. The number of piperidine rings is 1. The zero-order valence-corrected chi connectivity index (χ0v) is 18.3. The van der Waals surface area contributed by atoms with Gasteiger partial charge in [0.2, 0.25) is 0 Å². The highest BCUT2D eigenvalue weighted by molar-refractivity contribution is 7.13. The lowest BCUT2D eigenvalue weighted by atomic mass is 9.95. The number of aromatic nitrogens is 1. The fourth-order valence-electron chi connectivity index (χ4n) is 2.94.